The summed E-state index contributed by atoms with van der Waals surface area (Å²) in [6.07, 6.45) is 2.64. The maximum Gasteiger partial charge on any atom is 0.306 e. The third-order valence-electron chi connectivity index (χ3n) is 2.80. The van der Waals surface area contributed by atoms with Gasteiger partial charge in [0.1, 0.15) is 0 Å². The molecule has 7 heteroatoms. The molecule has 0 aliphatic heterocycles. The molecule has 1 aromatic heterocycles. The quantitative estimate of drug-likeness (QED) is 0.480. The van der Waals surface area contributed by atoms with Gasteiger partial charge in [0.25, 0.3) is 5.91 Å². The highest BCUT2D eigenvalue weighted by atomic mass is 32.2. The first-order valence-corrected chi connectivity index (χ1v) is 7.44. The van der Waals surface area contributed by atoms with Gasteiger partial charge in [0.15, 0.2) is 11.8 Å². The van der Waals surface area contributed by atoms with Gasteiger partial charge in [-0.25, -0.2) is 9.97 Å². The van der Waals surface area contributed by atoms with Gasteiger partial charge in [0, 0.05) is 24.9 Å². The van der Waals surface area contributed by atoms with Crippen LogP contribution in [0.5, 0.6) is 0 Å². The summed E-state index contributed by atoms with van der Waals surface area (Å²) in [5.41, 5.74) is 2.71. The van der Waals surface area contributed by atoms with Crippen LogP contribution in [0.2, 0.25) is 0 Å². The molecule has 20 heavy (non-hydrogen) atoms. The van der Waals surface area contributed by atoms with E-state index in [1.165, 1.54) is 18.8 Å². The van der Waals surface area contributed by atoms with Crippen LogP contribution in [-0.2, 0) is 20.7 Å². The molecule has 0 radical (unpaired) electrons. The number of aromatic nitrogens is 2. The van der Waals surface area contributed by atoms with E-state index < -0.39 is 5.97 Å². The molecule has 0 bridgehead atoms. The highest BCUT2D eigenvalue weighted by Gasteiger charge is 2.12. The molecule has 0 unspecified atom stereocenters. The van der Waals surface area contributed by atoms with Crippen LogP contribution in [-0.4, -0.2) is 41.8 Å². The lowest BCUT2D eigenvalue weighted by molar-refractivity contribution is -0.148. The van der Waals surface area contributed by atoms with Crippen LogP contribution in [0.3, 0.4) is 0 Å². The maximum atomic E-state index is 11.5. The Balaban J connectivity index is 2.57. The minimum Gasteiger partial charge on any atom is -0.456 e. The average molecular weight is 297 g/mol. The van der Waals surface area contributed by atoms with E-state index in [0.717, 1.165) is 22.1 Å². The van der Waals surface area contributed by atoms with Gasteiger partial charge in [0.2, 0.25) is 0 Å². The van der Waals surface area contributed by atoms with Crippen LogP contribution in [0.15, 0.2) is 5.16 Å². The number of ether oxygens (including phenoxy) is 1. The number of rotatable bonds is 6. The Labute approximate surface area is 122 Å². The average Bonchev–Trinajstić information content (AvgIpc) is 2.43. The Hall–Kier alpha value is -1.63. The van der Waals surface area contributed by atoms with Crippen molar-refractivity contribution in [2.24, 2.45) is 0 Å². The van der Waals surface area contributed by atoms with Crippen LogP contribution in [0.1, 0.15) is 23.4 Å². The third kappa shape index (κ3) is 4.80. The number of aryl methyl sites for hydroxylation is 2. The third-order valence-corrected chi connectivity index (χ3v) is 3.35. The molecule has 0 aliphatic rings. The lowest BCUT2D eigenvalue weighted by Crippen LogP contribution is -2.25. The topological polar surface area (TPSA) is 81.2 Å². The smallest absolute Gasteiger partial charge is 0.306 e. The van der Waals surface area contributed by atoms with E-state index in [0.29, 0.717) is 6.42 Å². The number of carbonyl (C=O) groups excluding carboxylic acids is 2. The van der Waals surface area contributed by atoms with Gasteiger partial charge in [-0.1, -0.05) is 11.8 Å². The molecule has 0 spiro atoms. The summed E-state index contributed by atoms with van der Waals surface area (Å²) >= 11 is 1.49. The highest BCUT2D eigenvalue weighted by molar-refractivity contribution is 7.98. The minimum atomic E-state index is -0.402. The number of amides is 1. The first kappa shape index (κ1) is 16.4. The van der Waals surface area contributed by atoms with Crippen molar-refractivity contribution in [2.45, 2.75) is 31.8 Å². The molecular weight excluding hydrogens is 278 g/mol. The molecule has 110 valence electrons. The summed E-state index contributed by atoms with van der Waals surface area (Å²) in [7, 11) is 1.49. The summed E-state index contributed by atoms with van der Waals surface area (Å²) in [6, 6.07) is 0. The SMILES string of the molecule is CNC(=O)COC(=O)CCc1c(C)nc(SC)nc1C. The fraction of sp³-hybridized carbons (Fsp3) is 0.538. The number of hydrogen-bond acceptors (Lipinski definition) is 6. The standard InChI is InChI=1S/C13H19N3O3S/c1-8-10(9(2)16-13(15-8)20-4)5-6-12(18)19-7-11(17)14-3/h5-7H2,1-4H3,(H,14,17). The summed E-state index contributed by atoms with van der Waals surface area (Å²) in [4.78, 5) is 31.2. The number of esters is 1. The minimum absolute atomic E-state index is 0.209. The summed E-state index contributed by atoms with van der Waals surface area (Å²) < 4.78 is 4.85. The lowest BCUT2D eigenvalue weighted by Gasteiger charge is -2.09. The lowest BCUT2D eigenvalue weighted by atomic mass is 10.1. The predicted molar refractivity (Wildman–Crippen MR) is 76.6 cm³/mol. The number of thioether (sulfide) groups is 1. The van der Waals surface area contributed by atoms with Gasteiger partial charge in [-0.05, 0) is 32.1 Å². The van der Waals surface area contributed by atoms with Crippen molar-refractivity contribution in [1.82, 2.24) is 15.3 Å². The Kier molecular flexibility index (Phi) is 6.44. The Morgan fingerprint density at radius 2 is 1.85 bits per heavy atom. The van der Waals surface area contributed by atoms with Gasteiger partial charge in [-0.3, -0.25) is 9.59 Å². The van der Waals surface area contributed by atoms with E-state index >= 15 is 0 Å². The summed E-state index contributed by atoms with van der Waals surface area (Å²) in [5.74, 6) is -0.722. The molecule has 1 heterocycles. The molecule has 1 aromatic rings. The van der Waals surface area contributed by atoms with Gasteiger partial charge in [0.05, 0.1) is 0 Å². The van der Waals surface area contributed by atoms with Crippen molar-refractivity contribution < 1.29 is 14.3 Å². The van der Waals surface area contributed by atoms with Crippen LogP contribution in [0.25, 0.3) is 0 Å². The summed E-state index contributed by atoms with van der Waals surface area (Å²) in [6.45, 7) is 3.56. The van der Waals surface area contributed by atoms with E-state index in [9.17, 15) is 9.59 Å². The zero-order valence-electron chi connectivity index (χ0n) is 12.1. The van der Waals surface area contributed by atoms with E-state index in [4.69, 9.17) is 4.74 Å². The second kappa shape index (κ2) is 7.84. The number of likely N-dealkylation sites (N-methyl/N-ethyl adjacent to an activating group) is 1. The first-order valence-electron chi connectivity index (χ1n) is 6.22. The van der Waals surface area contributed by atoms with Crippen molar-refractivity contribution in [3.8, 4) is 0 Å². The van der Waals surface area contributed by atoms with E-state index in [1.54, 1.807) is 0 Å². The molecule has 6 nitrogen and oxygen atoms in total. The number of nitrogens with zero attached hydrogens (tertiary/aromatic N) is 2. The molecule has 1 rings (SSSR count). The molecule has 0 fully saturated rings. The Morgan fingerprint density at radius 3 is 2.35 bits per heavy atom. The van der Waals surface area contributed by atoms with E-state index in [2.05, 4.69) is 15.3 Å². The largest absolute Gasteiger partial charge is 0.456 e. The highest BCUT2D eigenvalue weighted by Crippen LogP contribution is 2.17. The van der Waals surface area contributed by atoms with Crippen molar-refractivity contribution in [2.75, 3.05) is 19.9 Å². The van der Waals surface area contributed by atoms with Crippen LogP contribution in [0, 0.1) is 13.8 Å². The molecule has 0 saturated carbocycles. The molecule has 1 amide bonds. The van der Waals surface area contributed by atoms with Crippen LogP contribution >= 0.6 is 11.8 Å². The number of nitrogens with one attached hydrogen (secondary N) is 1. The zero-order valence-corrected chi connectivity index (χ0v) is 13.0. The number of hydrogen-bond donors (Lipinski definition) is 1. The Bertz CT molecular complexity index is 483. The zero-order chi connectivity index (χ0) is 15.1. The molecule has 0 aliphatic carbocycles. The molecule has 0 saturated heterocycles. The number of carbonyl (C=O) groups is 2. The van der Waals surface area contributed by atoms with E-state index in [1.807, 2.05) is 20.1 Å². The van der Waals surface area contributed by atoms with E-state index in [-0.39, 0.29) is 18.9 Å². The second-order valence-electron chi connectivity index (χ2n) is 4.19. The first-order chi connectivity index (χ1) is 9.47. The van der Waals surface area contributed by atoms with Crippen molar-refractivity contribution in [1.29, 1.82) is 0 Å². The second-order valence-corrected chi connectivity index (χ2v) is 4.97. The normalized spacial score (nSPS) is 10.2. The van der Waals surface area contributed by atoms with Gasteiger partial charge in [-0.15, -0.1) is 0 Å². The fourth-order valence-electron chi connectivity index (χ4n) is 1.68. The van der Waals surface area contributed by atoms with Gasteiger partial charge in [-0.2, -0.15) is 0 Å². The molecule has 1 N–H and O–H groups in total. The van der Waals surface area contributed by atoms with Crippen molar-refractivity contribution >= 4 is 23.6 Å². The van der Waals surface area contributed by atoms with Gasteiger partial charge < -0.3 is 10.1 Å². The molecule has 0 atom stereocenters. The molecule has 0 aromatic carbocycles. The van der Waals surface area contributed by atoms with Crippen molar-refractivity contribution in [3.05, 3.63) is 17.0 Å². The molecular formula is C13H19N3O3S. The Morgan fingerprint density at radius 1 is 1.25 bits per heavy atom. The van der Waals surface area contributed by atoms with Crippen LogP contribution in [0.4, 0.5) is 0 Å². The van der Waals surface area contributed by atoms with Crippen molar-refractivity contribution in [3.63, 3.8) is 0 Å². The summed E-state index contributed by atoms with van der Waals surface area (Å²) in [5, 5.41) is 3.11. The monoisotopic (exact) mass is 297 g/mol. The van der Waals surface area contributed by atoms with Gasteiger partial charge >= 0.3 is 5.97 Å². The van der Waals surface area contributed by atoms with Crippen LogP contribution < -0.4 is 5.32 Å². The fourth-order valence-corrected chi connectivity index (χ4v) is 2.14. The predicted octanol–water partition coefficient (Wildman–Crippen LogP) is 1.04. The maximum absolute atomic E-state index is 11.5.